The zero-order chi connectivity index (χ0) is 13.8. The summed E-state index contributed by atoms with van der Waals surface area (Å²) in [4.78, 5) is 25.5. The number of rotatable bonds is 4. The van der Waals surface area contributed by atoms with Gasteiger partial charge in [-0.1, -0.05) is 0 Å². The van der Waals surface area contributed by atoms with Crippen molar-refractivity contribution in [3.63, 3.8) is 0 Å². The molecule has 9 heteroatoms. The molecular formula is C11H9ClN2O5S. The highest BCUT2D eigenvalue weighted by Gasteiger charge is 2.15. The van der Waals surface area contributed by atoms with Gasteiger partial charge in [0.25, 0.3) is 5.69 Å². The SMILES string of the molecule is Cl.O=C(O)Oc1ccc([N+](=O)[O-])cc1Cc1cncs1. The van der Waals surface area contributed by atoms with Crippen LogP contribution in [0.15, 0.2) is 29.9 Å². The number of halogens is 1. The zero-order valence-corrected chi connectivity index (χ0v) is 11.5. The van der Waals surface area contributed by atoms with Gasteiger partial charge in [0.05, 0.1) is 10.4 Å². The third kappa shape index (κ3) is 3.90. The second-order valence-electron chi connectivity index (χ2n) is 3.56. The quantitative estimate of drug-likeness (QED) is 0.402. The van der Waals surface area contributed by atoms with Gasteiger partial charge in [-0.2, -0.15) is 0 Å². The van der Waals surface area contributed by atoms with Crippen LogP contribution in [-0.2, 0) is 6.42 Å². The minimum absolute atomic E-state index is 0. The first-order valence-electron chi connectivity index (χ1n) is 5.11. The van der Waals surface area contributed by atoms with Gasteiger partial charge in [-0.05, 0) is 6.07 Å². The van der Waals surface area contributed by atoms with E-state index in [4.69, 9.17) is 5.11 Å². The summed E-state index contributed by atoms with van der Waals surface area (Å²) in [6, 6.07) is 3.79. The molecule has 0 bridgehead atoms. The van der Waals surface area contributed by atoms with Crippen molar-refractivity contribution in [1.82, 2.24) is 4.98 Å². The summed E-state index contributed by atoms with van der Waals surface area (Å²) in [6.45, 7) is 0. The molecule has 1 aromatic carbocycles. The van der Waals surface area contributed by atoms with Crippen molar-refractivity contribution in [1.29, 1.82) is 0 Å². The lowest BCUT2D eigenvalue weighted by atomic mass is 10.1. The molecule has 2 rings (SSSR count). The minimum atomic E-state index is -1.46. The molecule has 1 N–H and O–H groups in total. The number of aromatic nitrogens is 1. The normalized spacial score (nSPS) is 9.60. The van der Waals surface area contributed by atoms with Crippen molar-refractivity contribution < 1.29 is 19.6 Å². The smallest absolute Gasteiger partial charge is 0.449 e. The van der Waals surface area contributed by atoms with Crippen molar-refractivity contribution in [3.8, 4) is 5.75 Å². The van der Waals surface area contributed by atoms with Gasteiger partial charge in [0.2, 0.25) is 0 Å². The van der Waals surface area contributed by atoms with E-state index in [0.29, 0.717) is 12.0 Å². The fourth-order valence-corrected chi connectivity index (χ4v) is 2.15. The van der Waals surface area contributed by atoms with Gasteiger partial charge in [0.15, 0.2) is 0 Å². The van der Waals surface area contributed by atoms with Crippen LogP contribution in [0.4, 0.5) is 10.5 Å². The van der Waals surface area contributed by atoms with Crippen LogP contribution >= 0.6 is 23.7 Å². The van der Waals surface area contributed by atoms with E-state index in [1.807, 2.05) is 0 Å². The molecule has 0 saturated carbocycles. The van der Waals surface area contributed by atoms with Crippen LogP contribution in [0, 0.1) is 10.1 Å². The number of benzene rings is 1. The first-order chi connectivity index (χ1) is 9.06. The first kappa shape index (κ1) is 15.9. The van der Waals surface area contributed by atoms with Crippen LogP contribution in [0.3, 0.4) is 0 Å². The summed E-state index contributed by atoms with van der Waals surface area (Å²) >= 11 is 1.38. The molecule has 20 heavy (non-hydrogen) atoms. The number of thiazole rings is 1. The Morgan fingerprint density at radius 3 is 2.80 bits per heavy atom. The number of ether oxygens (including phenoxy) is 1. The predicted octanol–water partition coefficient (Wildman–Crippen LogP) is 3.12. The molecule has 0 saturated heterocycles. The summed E-state index contributed by atoms with van der Waals surface area (Å²) < 4.78 is 4.61. The summed E-state index contributed by atoms with van der Waals surface area (Å²) in [5, 5.41) is 19.4. The van der Waals surface area contributed by atoms with Crippen LogP contribution in [0.1, 0.15) is 10.4 Å². The fraction of sp³-hybridized carbons (Fsp3) is 0.0909. The Balaban J connectivity index is 0.00000200. The van der Waals surface area contributed by atoms with E-state index < -0.39 is 11.1 Å². The number of carbonyl (C=O) groups is 1. The third-order valence-electron chi connectivity index (χ3n) is 2.30. The van der Waals surface area contributed by atoms with Crippen molar-refractivity contribution in [2.45, 2.75) is 6.42 Å². The lowest BCUT2D eigenvalue weighted by molar-refractivity contribution is -0.384. The second kappa shape index (κ2) is 6.83. The molecule has 0 radical (unpaired) electrons. The van der Waals surface area contributed by atoms with Crippen molar-refractivity contribution >= 4 is 35.6 Å². The molecule has 0 fully saturated rings. The molecule has 1 aromatic heterocycles. The molecule has 0 atom stereocenters. The van der Waals surface area contributed by atoms with Crippen LogP contribution in [-0.4, -0.2) is 21.2 Å². The van der Waals surface area contributed by atoms with E-state index in [1.165, 1.54) is 29.5 Å². The average Bonchev–Trinajstić information content (AvgIpc) is 2.83. The summed E-state index contributed by atoms with van der Waals surface area (Å²) in [5.41, 5.74) is 1.95. The molecule has 7 nitrogen and oxygen atoms in total. The maximum atomic E-state index is 10.7. The van der Waals surface area contributed by atoms with Crippen molar-refractivity contribution in [3.05, 3.63) is 50.5 Å². The number of carboxylic acid groups (broad SMARTS) is 1. The molecule has 0 aliphatic rings. The number of nitro benzene ring substituents is 1. The van der Waals surface area contributed by atoms with E-state index in [-0.39, 0.29) is 23.8 Å². The number of nitrogens with zero attached hydrogens (tertiary/aromatic N) is 2. The van der Waals surface area contributed by atoms with Crippen LogP contribution in [0.2, 0.25) is 0 Å². The Kier molecular flexibility index (Phi) is 5.42. The lowest BCUT2D eigenvalue weighted by Gasteiger charge is -2.06. The van der Waals surface area contributed by atoms with Crippen LogP contribution in [0.25, 0.3) is 0 Å². The predicted molar refractivity (Wildman–Crippen MR) is 73.9 cm³/mol. The molecule has 0 aliphatic carbocycles. The molecule has 2 aromatic rings. The highest BCUT2D eigenvalue weighted by atomic mass is 35.5. The van der Waals surface area contributed by atoms with Crippen molar-refractivity contribution in [2.24, 2.45) is 0 Å². The van der Waals surface area contributed by atoms with Gasteiger partial charge in [-0.15, -0.1) is 23.7 Å². The maximum Gasteiger partial charge on any atom is 0.511 e. The number of hydrogen-bond donors (Lipinski definition) is 1. The van der Waals surface area contributed by atoms with E-state index in [2.05, 4.69) is 9.72 Å². The van der Waals surface area contributed by atoms with Gasteiger partial charge in [-0.3, -0.25) is 15.1 Å². The maximum absolute atomic E-state index is 10.7. The van der Waals surface area contributed by atoms with Gasteiger partial charge >= 0.3 is 6.16 Å². The summed E-state index contributed by atoms with van der Waals surface area (Å²) in [6.07, 6.45) is 0.489. The molecule has 0 spiro atoms. The highest BCUT2D eigenvalue weighted by molar-refractivity contribution is 7.09. The molecular weight excluding hydrogens is 308 g/mol. The monoisotopic (exact) mass is 316 g/mol. The van der Waals surface area contributed by atoms with Gasteiger partial charge < -0.3 is 9.84 Å². The van der Waals surface area contributed by atoms with E-state index in [0.717, 1.165) is 4.88 Å². The molecule has 1 heterocycles. The standard InChI is InChI=1S/C11H8N2O5S.ClH/c14-11(15)18-10-2-1-8(13(16)17)3-7(10)4-9-5-12-6-19-9;/h1-3,5-6H,4H2,(H,14,15);1H. The Morgan fingerprint density at radius 1 is 1.50 bits per heavy atom. The number of hydrogen-bond acceptors (Lipinski definition) is 6. The first-order valence-corrected chi connectivity index (χ1v) is 5.99. The second-order valence-corrected chi connectivity index (χ2v) is 4.53. The van der Waals surface area contributed by atoms with Gasteiger partial charge in [0.1, 0.15) is 5.75 Å². The van der Waals surface area contributed by atoms with E-state index >= 15 is 0 Å². The minimum Gasteiger partial charge on any atom is -0.449 e. The highest BCUT2D eigenvalue weighted by Crippen LogP contribution is 2.27. The lowest BCUT2D eigenvalue weighted by Crippen LogP contribution is -2.06. The Morgan fingerprint density at radius 2 is 2.25 bits per heavy atom. The molecule has 106 valence electrons. The Bertz CT molecular complexity index is 617. The largest absolute Gasteiger partial charge is 0.511 e. The molecule has 0 aliphatic heterocycles. The van der Waals surface area contributed by atoms with E-state index in [9.17, 15) is 14.9 Å². The topological polar surface area (TPSA) is 103 Å². The van der Waals surface area contributed by atoms with Crippen LogP contribution in [0.5, 0.6) is 5.75 Å². The van der Waals surface area contributed by atoms with Gasteiger partial charge in [-0.25, -0.2) is 4.79 Å². The summed E-state index contributed by atoms with van der Waals surface area (Å²) in [5.74, 6) is 0.0894. The number of nitro groups is 1. The third-order valence-corrected chi connectivity index (χ3v) is 3.08. The Labute approximate surface area is 123 Å². The molecule has 0 unspecified atom stereocenters. The van der Waals surface area contributed by atoms with Crippen LogP contribution < -0.4 is 4.74 Å². The molecule has 0 amide bonds. The van der Waals surface area contributed by atoms with Crippen molar-refractivity contribution in [2.75, 3.05) is 0 Å². The Hall–Kier alpha value is -2.19. The van der Waals surface area contributed by atoms with E-state index in [1.54, 1.807) is 11.7 Å². The average molecular weight is 317 g/mol. The van der Waals surface area contributed by atoms with Gasteiger partial charge in [0, 0.05) is 35.2 Å². The summed E-state index contributed by atoms with van der Waals surface area (Å²) in [7, 11) is 0. The zero-order valence-electron chi connectivity index (χ0n) is 9.88. The fourth-order valence-electron chi connectivity index (χ4n) is 1.53. The number of non-ortho nitro benzene ring substituents is 1.